The molecule has 0 aliphatic carbocycles. The van der Waals surface area contributed by atoms with Gasteiger partial charge in [-0.25, -0.2) is 25.3 Å². The standard InChI is InChI=1S/C24H16Cl2N6O10S3.3Na/c1-32(24-28-22(25)27-23(26)29-24)12-5-6-13-11(9-12)10-18(44(37,38)39)19(20(13)33)31-30-16-8-7-14-15(21(16)45(40,41)42)3-2-4-17(14)43(34,35)36;;;/h2-10,33H,1H3,(H,34,35,36)(H,37,38,39)(H,40,41,42);;;/q;3*+1/p-3. The number of fused-ring (bicyclic) bond motifs is 2. The van der Waals surface area contributed by atoms with Crippen LogP contribution in [0.2, 0.25) is 10.6 Å². The van der Waals surface area contributed by atoms with Crippen molar-refractivity contribution in [2.24, 2.45) is 10.2 Å². The number of aromatic nitrogens is 3. The van der Waals surface area contributed by atoms with Crippen molar-refractivity contribution in [3.8, 4) is 5.75 Å². The molecule has 0 aliphatic heterocycles. The zero-order valence-corrected chi connectivity index (χ0v) is 34.9. The molecule has 24 heteroatoms. The number of nitrogens with zero attached hydrogens (tertiary/aromatic N) is 6. The van der Waals surface area contributed by atoms with E-state index >= 15 is 0 Å². The van der Waals surface area contributed by atoms with Crippen LogP contribution in [0.4, 0.5) is 23.0 Å². The third-order valence-corrected chi connectivity index (χ3v) is 9.30. The van der Waals surface area contributed by atoms with E-state index in [2.05, 4.69) is 25.2 Å². The number of hydrogen-bond donors (Lipinski definition) is 1. The van der Waals surface area contributed by atoms with E-state index in [-0.39, 0.29) is 116 Å². The molecule has 5 rings (SSSR count). The molecule has 0 bridgehead atoms. The maximum absolute atomic E-state index is 12.2. The van der Waals surface area contributed by atoms with Crippen LogP contribution >= 0.6 is 23.2 Å². The van der Waals surface area contributed by atoms with E-state index in [1.165, 1.54) is 30.1 Å². The molecule has 5 aromatic rings. The summed E-state index contributed by atoms with van der Waals surface area (Å²) >= 11 is 11.7. The van der Waals surface area contributed by atoms with Crippen molar-refractivity contribution in [3.63, 3.8) is 0 Å². The Morgan fingerprint density at radius 2 is 1.29 bits per heavy atom. The average molecular weight is 781 g/mol. The second-order valence-corrected chi connectivity index (χ2v) is 13.7. The number of anilines is 2. The number of benzene rings is 4. The van der Waals surface area contributed by atoms with Gasteiger partial charge in [0.15, 0.2) is 5.75 Å². The SMILES string of the molecule is CN(c1ccc2c(O)c(N=Nc3ccc4c(S(=O)(=O)[O-])cccc4c3S(=O)(=O)[O-])c(S(=O)(=O)[O-])cc2c1)c1nc(Cl)nc(Cl)n1.[Na+].[Na+].[Na+]. The monoisotopic (exact) mass is 780 g/mol. The topological polar surface area (TPSA) is 258 Å². The third-order valence-electron chi connectivity index (χ3n) is 6.29. The molecule has 0 saturated carbocycles. The van der Waals surface area contributed by atoms with Gasteiger partial charge in [-0.2, -0.15) is 15.0 Å². The molecule has 0 amide bonds. The molecule has 16 nitrogen and oxygen atoms in total. The summed E-state index contributed by atoms with van der Waals surface area (Å²) in [5, 5.41) is 16.9. The second kappa shape index (κ2) is 16.1. The third kappa shape index (κ3) is 9.04. The first-order valence-corrected chi connectivity index (χ1v) is 16.8. The summed E-state index contributed by atoms with van der Waals surface area (Å²) in [7, 11) is -14.4. The van der Waals surface area contributed by atoms with Crippen LogP contribution in [0.3, 0.4) is 0 Å². The summed E-state index contributed by atoms with van der Waals surface area (Å²) in [5.74, 6) is -0.844. The predicted molar refractivity (Wildman–Crippen MR) is 156 cm³/mol. The van der Waals surface area contributed by atoms with E-state index in [1.807, 2.05) is 0 Å². The van der Waals surface area contributed by atoms with E-state index in [1.54, 1.807) is 0 Å². The molecule has 48 heavy (non-hydrogen) atoms. The Labute approximate surface area is 349 Å². The fourth-order valence-corrected chi connectivity index (χ4v) is 6.87. The van der Waals surface area contributed by atoms with Crippen LogP contribution in [0.5, 0.6) is 5.75 Å². The number of halogens is 2. The van der Waals surface area contributed by atoms with Crippen molar-refractivity contribution in [3.05, 3.63) is 65.2 Å². The first kappa shape index (κ1) is 43.1. The molecule has 4 aromatic carbocycles. The predicted octanol–water partition coefficient (Wildman–Crippen LogP) is -4.90. The fourth-order valence-electron chi connectivity index (χ4n) is 4.37. The Bertz CT molecular complexity index is 2420. The fraction of sp³-hybridized carbons (Fsp3) is 0.0417. The van der Waals surface area contributed by atoms with E-state index in [9.17, 15) is 44.0 Å². The van der Waals surface area contributed by atoms with Crippen LogP contribution in [0.15, 0.2) is 79.5 Å². The van der Waals surface area contributed by atoms with Crippen LogP contribution in [-0.4, -0.2) is 66.0 Å². The van der Waals surface area contributed by atoms with Gasteiger partial charge in [-0.1, -0.05) is 18.2 Å². The van der Waals surface area contributed by atoms with Crippen molar-refractivity contribution >= 4 is 98.1 Å². The van der Waals surface area contributed by atoms with Gasteiger partial charge in [-0.3, -0.25) is 0 Å². The smallest absolute Gasteiger partial charge is 0.744 e. The molecule has 1 heterocycles. The minimum atomic E-state index is -5.43. The van der Waals surface area contributed by atoms with Gasteiger partial charge in [0.05, 0.1) is 14.7 Å². The van der Waals surface area contributed by atoms with Crippen molar-refractivity contribution in [2.75, 3.05) is 11.9 Å². The molecule has 234 valence electrons. The van der Waals surface area contributed by atoms with Gasteiger partial charge in [0.25, 0.3) is 0 Å². The minimum Gasteiger partial charge on any atom is -0.744 e. The molecule has 0 radical (unpaired) electrons. The molecule has 0 atom stereocenters. The van der Waals surface area contributed by atoms with Gasteiger partial charge >= 0.3 is 88.7 Å². The molecular weight excluding hydrogens is 768 g/mol. The largest absolute Gasteiger partial charge is 1.00 e. The van der Waals surface area contributed by atoms with Crippen molar-refractivity contribution in [1.29, 1.82) is 0 Å². The van der Waals surface area contributed by atoms with Crippen LogP contribution in [0.25, 0.3) is 21.5 Å². The Hall–Kier alpha value is -1.08. The molecule has 0 spiro atoms. The summed E-state index contributed by atoms with van der Waals surface area (Å²) in [6.45, 7) is 0. The van der Waals surface area contributed by atoms with Gasteiger partial charge in [-0.15, -0.1) is 10.2 Å². The van der Waals surface area contributed by atoms with Crippen molar-refractivity contribution in [1.82, 2.24) is 15.0 Å². The molecule has 0 unspecified atom stereocenters. The molecule has 1 aromatic heterocycles. The van der Waals surface area contributed by atoms with E-state index in [0.717, 1.165) is 36.4 Å². The Balaban J connectivity index is 0.00000267. The first-order chi connectivity index (χ1) is 20.9. The molecular formula is C24H13Cl2N6Na3O10S3. The summed E-state index contributed by atoms with van der Waals surface area (Å²) in [5.41, 5.74) is -1.28. The molecule has 1 N–H and O–H groups in total. The maximum Gasteiger partial charge on any atom is 1.00 e. The van der Waals surface area contributed by atoms with E-state index in [0.29, 0.717) is 5.69 Å². The molecule has 0 saturated heterocycles. The summed E-state index contributed by atoms with van der Waals surface area (Å²) in [4.78, 5) is 9.96. The number of aromatic hydroxyl groups is 1. The van der Waals surface area contributed by atoms with Gasteiger partial charge in [0.2, 0.25) is 16.5 Å². The quantitative estimate of drug-likeness (QED) is 0.0923. The Morgan fingerprint density at radius 3 is 1.85 bits per heavy atom. The number of hydrogen-bond acceptors (Lipinski definition) is 16. The summed E-state index contributed by atoms with van der Waals surface area (Å²) in [6.07, 6.45) is 0. The van der Waals surface area contributed by atoms with Crippen LogP contribution < -0.4 is 93.6 Å². The number of phenols is 1. The average Bonchev–Trinajstić information content (AvgIpc) is 2.93. The van der Waals surface area contributed by atoms with Gasteiger partial charge in [0.1, 0.15) is 41.7 Å². The summed E-state index contributed by atoms with van der Waals surface area (Å²) in [6, 6.07) is 9.83. The Kier molecular flexibility index (Phi) is 14.4. The van der Waals surface area contributed by atoms with Crippen LogP contribution in [0.1, 0.15) is 0 Å². The normalized spacial score (nSPS) is 12.0. The first-order valence-electron chi connectivity index (χ1n) is 11.8. The minimum absolute atomic E-state index is 0. The number of azo groups is 1. The van der Waals surface area contributed by atoms with E-state index in [4.69, 9.17) is 23.2 Å². The Morgan fingerprint density at radius 1 is 0.708 bits per heavy atom. The van der Waals surface area contributed by atoms with Crippen LogP contribution in [-0.2, 0) is 30.4 Å². The number of rotatable bonds is 7. The summed E-state index contributed by atoms with van der Waals surface area (Å²) < 4.78 is 108. The molecule has 0 fully saturated rings. The van der Waals surface area contributed by atoms with Crippen LogP contribution in [0, 0.1) is 0 Å². The van der Waals surface area contributed by atoms with Gasteiger partial charge in [-0.05, 0) is 65.0 Å². The molecule has 0 aliphatic rings. The second-order valence-electron chi connectivity index (χ2n) is 9.04. The van der Waals surface area contributed by atoms with Crippen molar-refractivity contribution in [2.45, 2.75) is 14.7 Å². The van der Waals surface area contributed by atoms with Gasteiger partial charge < -0.3 is 23.7 Å². The maximum atomic E-state index is 12.2. The number of phenolic OH excluding ortho intramolecular Hbond substituents is 1. The van der Waals surface area contributed by atoms with E-state index < -0.39 is 72.9 Å². The zero-order valence-electron chi connectivity index (χ0n) is 25.0. The van der Waals surface area contributed by atoms with Crippen molar-refractivity contribution < 1.29 is 133 Å². The van der Waals surface area contributed by atoms with Gasteiger partial charge in [0, 0.05) is 28.9 Å². The zero-order chi connectivity index (χ0) is 33.1.